The molecule has 1 heterocycles. The van der Waals surface area contributed by atoms with Crippen LogP contribution in [-0.2, 0) is 0 Å². The highest BCUT2D eigenvalue weighted by Gasteiger charge is 2.16. The normalized spacial score (nSPS) is 15.2. The summed E-state index contributed by atoms with van der Waals surface area (Å²) in [6.45, 7) is 3.73. The second-order valence-corrected chi connectivity index (χ2v) is 4.99. The largest absolute Gasteiger partial charge is 0.268 e. The van der Waals surface area contributed by atoms with E-state index in [1.165, 1.54) is 10.6 Å². The van der Waals surface area contributed by atoms with Crippen molar-refractivity contribution >= 4 is 16.6 Å². The van der Waals surface area contributed by atoms with E-state index >= 15 is 0 Å². The molecule has 0 N–H and O–H groups in total. The Morgan fingerprint density at radius 2 is 1.95 bits per heavy atom. The summed E-state index contributed by atoms with van der Waals surface area (Å²) in [5, 5.41) is 0.0531. The predicted molar refractivity (Wildman–Crippen MR) is 78.0 cm³/mol. The average molecular weight is 270 g/mol. The van der Waals surface area contributed by atoms with E-state index in [1.807, 2.05) is 13.0 Å². The summed E-state index contributed by atoms with van der Waals surface area (Å²) in [5.41, 5.74) is 1.91. The van der Waals surface area contributed by atoms with Gasteiger partial charge in [0.15, 0.2) is 0 Å². The van der Waals surface area contributed by atoms with E-state index < -0.39 is 5.82 Å². The number of allylic oxidation sites excluding steroid dienone is 4. The molecule has 0 bridgehead atoms. The molecule has 0 fully saturated rings. The Balaban J connectivity index is 2.38. The minimum atomic E-state index is -0.521. The molecule has 0 saturated carbocycles. The first-order valence-corrected chi connectivity index (χ1v) is 6.65. The highest BCUT2D eigenvalue weighted by atomic mass is 19.1. The Bertz CT molecular complexity index is 815. The zero-order valence-electron chi connectivity index (χ0n) is 11.5. The summed E-state index contributed by atoms with van der Waals surface area (Å²) >= 11 is 0. The van der Waals surface area contributed by atoms with Gasteiger partial charge in [-0.3, -0.25) is 9.36 Å². The molecule has 1 aromatic carbocycles. The van der Waals surface area contributed by atoms with Gasteiger partial charge in [-0.2, -0.15) is 0 Å². The van der Waals surface area contributed by atoms with Crippen LogP contribution in [-0.4, -0.2) is 9.55 Å². The Hall–Kier alpha value is -2.23. The second-order valence-electron chi connectivity index (χ2n) is 4.99. The fourth-order valence-corrected chi connectivity index (χ4v) is 2.64. The molecule has 0 radical (unpaired) electrons. The molecule has 2 aromatic rings. The Kier molecular flexibility index (Phi) is 3.01. The maximum absolute atomic E-state index is 13.9. The number of fused-ring (bicyclic) bond motifs is 1. The lowest BCUT2D eigenvalue weighted by Crippen LogP contribution is -2.25. The Morgan fingerprint density at radius 3 is 2.70 bits per heavy atom. The summed E-state index contributed by atoms with van der Waals surface area (Å²) in [7, 11) is 0. The quantitative estimate of drug-likeness (QED) is 0.795. The van der Waals surface area contributed by atoms with Gasteiger partial charge in [0.2, 0.25) is 0 Å². The third-order valence-electron chi connectivity index (χ3n) is 3.61. The molecule has 0 spiro atoms. The number of aromatic nitrogens is 2. The van der Waals surface area contributed by atoms with Gasteiger partial charge in [0, 0.05) is 5.70 Å². The van der Waals surface area contributed by atoms with Crippen LogP contribution in [0.2, 0.25) is 0 Å². The maximum Gasteiger partial charge on any atom is 0.268 e. The standard InChI is InChI=1S/C16H15FN2O/c1-10-6-3-4-9-14(10)19-11(2)18-13-8-5-7-12(17)15(13)16(19)20/h5-9H,3-4H2,1-2H3. The van der Waals surface area contributed by atoms with E-state index in [-0.39, 0.29) is 10.9 Å². The lowest BCUT2D eigenvalue weighted by atomic mass is 10.0. The molecule has 20 heavy (non-hydrogen) atoms. The van der Waals surface area contributed by atoms with Crippen LogP contribution >= 0.6 is 0 Å². The topological polar surface area (TPSA) is 34.9 Å². The van der Waals surface area contributed by atoms with Gasteiger partial charge in [-0.25, -0.2) is 9.37 Å². The van der Waals surface area contributed by atoms with Gasteiger partial charge in [-0.05, 0) is 44.4 Å². The average Bonchev–Trinajstić information content (AvgIpc) is 2.40. The highest BCUT2D eigenvalue weighted by molar-refractivity contribution is 5.80. The summed E-state index contributed by atoms with van der Waals surface area (Å²) in [4.78, 5) is 17.0. The lowest BCUT2D eigenvalue weighted by Gasteiger charge is -2.18. The van der Waals surface area contributed by atoms with Gasteiger partial charge in [0.1, 0.15) is 17.0 Å². The predicted octanol–water partition coefficient (Wildman–Crippen LogP) is 3.43. The Labute approximate surface area is 116 Å². The van der Waals surface area contributed by atoms with E-state index in [9.17, 15) is 9.18 Å². The molecule has 0 saturated heterocycles. The lowest BCUT2D eigenvalue weighted by molar-refractivity contribution is 0.637. The zero-order valence-corrected chi connectivity index (χ0v) is 11.5. The van der Waals surface area contributed by atoms with Crippen LogP contribution in [0.4, 0.5) is 4.39 Å². The second kappa shape index (κ2) is 4.71. The van der Waals surface area contributed by atoms with Crippen molar-refractivity contribution in [2.24, 2.45) is 0 Å². The van der Waals surface area contributed by atoms with Crippen LogP contribution in [0.5, 0.6) is 0 Å². The zero-order chi connectivity index (χ0) is 14.3. The SMILES string of the molecule is CC1=CCCC=C1n1c(C)nc2cccc(F)c2c1=O. The molecule has 1 aliphatic rings. The van der Waals surface area contributed by atoms with E-state index in [2.05, 4.69) is 11.1 Å². The summed E-state index contributed by atoms with van der Waals surface area (Å²) in [5.74, 6) is 0.0563. The summed E-state index contributed by atoms with van der Waals surface area (Å²) in [6, 6.07) is 4.52. The fourth-order valence-electron chi connectivity index (χ4n) is 2.64. The van der Waals surface area contributed by atoms with Gasteiger partial charge >= 0.3 is 0 Å². The molecule has 102 valence electrons. The molecule has 0 unspecified atom stereocenters. The molecule has 0 amide bonds. The number of halogens is 1. The van der Waals surface area contributed by atoms with Crippen LogP contribution in [0, 0.1) is 12.7 Å². The summed E-state index contributed by atoms with van der Waals surface area (Å²) < 4.78 is 15.4. The number of hydrogen-bond donors (Lipinski definition) is 0. The number of rotatable bonds is 1. The molecule has 3 rings (SSSR count). The van der Waals surface area contributed by atoms with E-state index in [1.54, 1.807) is 19.1 Å². The van der Waals surface area contributed by atoms with Gasteiger partial charge in [-0.1, -0.05) is 18.2 Å². The van der Waals surface area contributed by atoms with Crippen LogP contribution in [0.3, 0.4) is 0 Å². The fraction of sp³-hybridized carbons (Fsp3) is 0.250. The minimum Gasteiger partial charge on any atom is -0.268 e. The molecular weight excluding hydrogens is 255 g/mol. The van der Waals surface area contributed by atoms with Crippen molar-refractivity contribution < 1.29 is 4.39 Å². The van der Waals surface area contributed by atoms with Crippen LogP contribution in [0.1, 0.15) is 25.6 Å². The number of aryl methyl sites for hydroxylation is 1. The first kappa shape index (κ1) is 12.8. The van der Waals surface area contributed by atoms with Gasteiger partial charge in [0.05, 0.1) is 5.52 Å². The van der Waals surface area contributed by atoms with Crippen molar-refractivity contribution in [3.8, 4) is 0 Å². The first-order valence-electron chi connectivity index (χ1n) is 6.65. The highest BCUT2D eigenvalue weighted by Crippen LogP contribution is 2.23. The van der Waals surface area contributed by atoms with E-state index in [4.69, 9.17) is 0 Å². The van der Waals surface area contributed by atoms with Crippen LogP contribution in [0.15, 0.2) is 40.7 Å². The number of nitrogens with zero attached hydrogens (tertiary/aromatic N) is 2. The van der Waals surface area contributed by atoms with Crippen molar-refractivity contribution in [1.29, 1.82) is 0 Å². The van der Waals surface area contributed by atoms with Crippen molar-refractivity contribution in [3.05, 3.63) is 57.9 Å². The maximum atomic E-state index is 13.9. The van der Waals surface area contributed by atoms with Crippen LogP contribution in [0.25, 0.3) is 16.6 Å². The van der Waals surface area contributed by atoms with Gasteiger partial charge in [0.25, 0.3) is 5.56 Å². The third kappa shape index (κ3) is 1.88. The molecule has 0 atom stereocenters. The first-order chi connectivity index (χ1) is 9.59. The molecule has 3 nitrogen and oxygen atoms in total. The third-order valence-corrected chi connectivity index (χ3v) is 3.61. The van der Waals surface area contributed by atoms with Crippen LogP contribution < -0.4 is 5.56 Å². The monoisotopic (exact) mass is 270 g/mol. The minimum absolute atomic E-state index is 0.0531. The molecule has 1 aromatic heterocycles. The summed E-state index contributed by atoms with van der Waals surface area (Å²) in [6.07, 6.45) is 5.96. The van der Waals surface area contributed by atoms with Crippen molar-refractivity contribution in [1.82, 2.24) is 9.55 Å². The molecule has 4 heteroatoms. The van der Waals surface area contributed by atoms with Gasteiger partial charge in [-0.15, -0.1) is 0 Å². The van der Waals surface area contributed by atoms with E-state index in [0.717, 1.165) is 24.1 Å². The van der Waals surface area contributed by atoms with Crippen molar-refractivity contribution in [2.45, 2.75) is 26.7 Å². The van der Waals surface area contributed by atoms with Gasteiger partial charge < -0.3 is 0 Å². The van der Waals surface area contributed by atoms with E-state index in [0.29, 0.717) is 11.3 Å². The molecule has 1 aliphatic carbocycles. The molecule has 0 aliphatic heterocycles. The van der Waals surface area contributed by atoms with Crippen molar-refractivity contribution in [3.63, 3.8) is 0 Å². The smallest absolute Gasteiger partial charge is 0.268 e. The molecular formula is C16H15FN2O. The number of hydrogen-bond acceptors (Lipinski definition) is 2. The number of benzene rings is 1. The van der Waals surface area contributed by atoms with Crippen molar-refractivity contribution in [2.75, 3.05) is 0 Å². The Morgan fingerprint density at radius 1 is 1.20 bits per heavy atom.